The summed E-state index contributed by atoms with van der Waals surface area (Å²) in [6.45, 7) is 8.57. The smallest absolute Gasteiger partial charge is 0.336 e. The van der Waals surface area contributed by atoms with E-state index in [4.69, 9.17) is 4.42 Å². The summed E-state index contributed by atoms with van der Waals surface area (Å²) >= 11 is 0. The highest BCUT2D eigenvalue weighted by molar-refractivity contribution is 7.85. The Morgan fingerprint density at radius 3 is 2.91 bits per heavy atom. The highest BCUT2D eigenvalue weighted by atomic mass is 32.2. The number of nitrogens with zero attached hydrogens (tertiary/aromatic N) is 1. The predicted octanol–water partition coefficient (Wildman–Crippen LogP) is 2.61. The molecule has 1 aromatic carbocycles. The standard InChI is InChI=1S/C18H23NO3S/c1-12-9-19(6-7-23(21)11-12)10-15-8-17(20)22-18-14(3)13(2)4-5-16(15)18/h4-5,8,12H,6-7,9-11H2,1-3H3/t12-,23-/m0/s1. The number of rotatable bonds is 2. The Labute approximate surface area is 138 Å². The Balaban J connectivity index is 1.98. The van der Waals surface area contributed by atoms with Crippen molar-refractivity contribution >= 4 is 21.8 Å². The summed E-state index contributed by atoms with van der Waals surface area (Å²) in [5, 5.41) is 1.01. The minimum absolute atomic E-state index is 0.298. The lowest BCUT2D eigenvalue weighted by Gasteiger charge is -2.22. The van der Waals surface area contributed by atoms with Gasteiger partial charge in [-0.05, 0) is 36.5 Å². The van der Waals surface area contributed by atoms with Crippen LogP contribution in [0, 0.1) is 19.8 Å². The van der Waals surface area contributed by atoms with Gasteiger partial charge in [0.15, 0.2) is 0 Å². The minimum Gasteiger partial charge on any atom is -0.422 e. The van der Waals surface area contributed by atoms with E-state index >= 15 is 0 Å². The zero-order valence-corrected chi connectivity index (χ0v) is 14.7. The van der Waals surface area contributed by atoms with Crippen LogP contribution in [-0.2, 0) is 17.3 Å². The van der Waals surface area contributed by atoms with E-state index in [2.05, 4.69) is 17.9 Å². The summed E-state index contributed by atoms with van der Waals surface area (Å²) in [5.41, 5.74) is 3.54. The Morgan fingerprint density at radius 2 is 2.13 bits per heavy atom. The Kier molecular flexibility index (Phi) is 4.69. The van der Waals surface area contributed by atoms with Crippen LogP contribution in [0.3, 0.4) is 0 Å². The van der Waals surface area contributed by atoms with Gasteiger partial charge in [-0.1, -0.05) is 19.1 Å². The van der Waals surface area contributed by atoms with Crippen molar-refractivity contribution in [3.05, 3.63) is 45.3 Å². The predicted molar refractivity (Wildman–Crippen MR) is 94.3 cm³/mol. The Hall–Kier alpha value is -1.46. The first-order valence-electron chi connectivity index (χ1n) is 8.04. The molecule has 23 heavy (non-hydrogen) atoms. The summed E-state index contributed by atoms with van der Waals surface area (Å²) in [5.74, 6) is 1.89. The van der Waals surface area contributed by atoms with Crippen molar-refractivity contribution < 1.29 is 8.63 Å². The Morgan fingerprint density at radius 1 is 1.35 bits per heavy atom. The summed E-state index contributed by atoms with van der Waals surface area (Å²) < 4.78 is 17.3. The average molecular weight is 333 g/mol. The first-order chi connectivity index (χ1) is 10.9. The molecule has 1 aliphatic rings. The van der Waals surface area contributed by atoms with Gasteiger partial charge in [0.1, 0.15) is 5.58 Å². The third-order valence-corrected chi connectivity index (χ3v) is 6.17. The van der Waals surface area contributed by atoms with Crippen LogP contribution in [0.25, 0.3) is 11.0 Å². The van der Waals surface area contributed by atoms with Crippen LogP contribution in [0.2, 0.25) is 0 Å². The molecular formula is C18H23NO3S. The molecule has 0 spiro atoms. The zero-order chi connectivity index (χ0) is 16.6. The highest BCUT2D eigenvalue weighted by Crippen LogP contribution is 2.24. The molecule has 1 aliphatic heterocycles. The van der Waals surface area contributed by atoms with Gasteiger partial charge in [0.2, 0.25) is 0 Å². The molecule has 0 saturated carbocycles. The van der Waals surface area contributed by atoms with Crippen molar-refractivity contribution in [2.45, 2.75) is 27.3 Å². The van der Waals surface area contributed by atoms with Gasteiger partial charge in [-0.2, -0.15) is 0 Å². The lowest BCUT2D eigenvalue weighted by molar-refractivity contribution is 0.257. The summed E-state index contributed by atoms with van der Waals surface area (Å²) in [7, 11) is -0.727. The Bertz CT molecular complexity index is 812. The van der Waals surface area contributed by atoms with Crippen LogP contribution in [0.5, 0.6) is 0 Å². The first kappa shape index (κ1) is 16.4. The summed E-state index contributed by atoms with van der Waals surface area (Å²) in [6.07, 6.45) is 0. The van der Waals surface area contributed by atoms with Crippen molar-refractivity contribution in [2.24, 2.45) is 5.92 Å². The molecule has 2 aromatic rings. The number of aryl methyl sites for hydroxylation is 2. The van der Waals surface area contributed by atoms with E-state index in [1.165, 1.54) is 0 Å². The van der Waals surface area contributed by atoms with E-state index in [0.29, 0.717) is 23.8 Å². The number of hydrogen-bond donors (Lipinski definition) is 0. The van der Waals surface area contributed by atoms with E-state index in [9.17, 15) is 9.00 Å². The second-order valence-corrected chi connectivity index (χ2v) is 8.25. The molecule has 0 amide bonds. The fourth-order valence-electron chi connectivity index (χ4n) is 3.26. The monoisotopic (exact) mass is 333 g/mol. The highest BCUT2D eigenvalue weighted by Gasteiger charge is 2.20. The van der Waals surface area contributed by atoms with Crippen LogP contribution in [0.4, 0.5) is 0 Å². The first-order valence-corrected chi connectivity index (χ1v) is 9.53. The van der Waals surface area contributed by atoms with Crippen LogP contribution in [0.15, 0.2) is 27.4 Å². The molecule has 1 saturated heterocycles. The van der Waals surface area contributed by atoms with Gasteiger partial charge in [-0.25, -0.2) is 4.79 Å². The molecule has 0 unspecified atom stereocenters. The van der Waals surface area contributed by atoms with Crippen LogP contribution < -0.4 is 5.63 Å². The second kappa shape index (κ2) is 6.57. The molecule has 0 aliphatic carbocycles. The van der Waals surface area contributed by atoms with E-state index in [1.807, 2.05) is 19.9 Å². The number of hydrogen-bond acceptors (Lipinski definition) is 4. The third kappa shape index (κ3) is 3.56. The van der Waals surface area contributed by atoms with Gasteiger partial charge in [-0.3, -0.25) is 9.11 Å². The molecule has 0 bridgehead atoms. The van der Waals surface area contributed by atoms with Crippen molar-refractivity contribution in [2.75, 3.05) is 24.6 Å². The van der Waals surface area contributed by atoms with Gasteiger partial charge in [0.25, 0.3) is 0 Å². The van der Waals surface area contributed by atoms with Gasteiger partial charge in [0.05, 0.1) is 0 Å². The molecule has 0 radical (unpaired) electrons. The molecular weight excluding hydrogens is 310 g/mol. The molecule has 1 fully saturated rings. The van der Waals surface area contributed by atoms with E-state index in [0.717, 1.165) is 40.9 Å². The maximum atomic E-state index is 12.0. The van der Waals surface area contributed by atoms with Crippen LogP contribution >= 0.6 is 0 Å². The van der Waals surface area contributed by atoms with Crippen molar-refractivity contribution in [3.8, 4) is 0 Å². The number of benzene rings is 1. The lowest BCUT2D eigenvalue weighted by atomic mass is 10.0. The van der Waals surface area contributed by atoms with Crippen molar-refractivity contribution in [1.29, 1.82) is 0 Å². The second-order valence-electron chi connectivity index (χ2n) is 6.63. The molecule has 5 heteroatoms. The van der Waals surface area contributed by atoms with E-state index < -0.39 is 10.8 Å². The molecule has 2 heterocycles. The topological polar surface area (TPSA) is 50.5 Å². The molecule has 4 nitrogen and oxygen atoms in total. The van der Waals surface area contributed by atoms with Crippen LogP contribution in [-0.4, -0.2) is 33.7 Å². The molecule has 124 valence electrons. The average Bonchev–Trinajstić information content (AvgIpc) is 2.64. The molecule has 0 N–H and O–H groups in total. The largest absolute Gasteiger partial charge is 0.422 e. The molecule has 3 rings (SSSR count). The fourth-order valence-corrected chi connectivity index (χ4v) is 4.62. The SMILES string of the molecule is Cc1ccc2c(CN3CC[S@](=O)C[C@@H](C)C3)cc(=O)oc2c1C. The summed E-state index contributed by atoms with van der Waals surface area (Å²) in [6, 6.07) is 5.71. The van der Waals surface area contributed by atoms with Gasteiger partial charge < -0.3 is 4.42 Å². The molecule has 2 atom stereocenters. The van der Waals surface area contributed by atoms with Crippen LogP contribution in [0.1, 0.15) is 23.6 Å². The minimum atomic E-state index is -0.727. The molecule has 1 aromatic heterocycles. The number of fused-ring (bicyclic) bond motifs is 1. The quantitative estimate of drug-likeness (QED) is 0.793. The third-order valence-electron chi connectivity index (χ3n) is 4.59. The zero-order valence-electron chi connectivity index (χ0n) is 13.9. The fraction of sp³-hybridized carbons (Fsp3) is 0.500. The maximum absolute atomic E-state index is 12.0. The van der Waals surface area contributed by atoms with Crippen molar-refractivity contribution in [3.63, 3.8) is 0 Å². The lowest BCUT2D eigenvalue weighted by Crippen LogP contribution is -2.29. The van der Waals surface area contributed by atoms with Crippen molar-refractivity contribution in [1.82, 2.24) is 4.90 Å². The van der Waals surface area contributed by atoms with Gasteiger partial charge in [0, 0.05) is 53.4 Å². The normalized spacial score (nSPS) is 23.1. The maximum Gasteiger partial charge on any atom is 0.336 e. The van der Waals surface area contributed by atoms with E-state index in [1.54, 1.807) is 6.07 Å². The van der Waals surface area contributed by atoms with E-state index in [-0.39, 0.29) is 5.63 Å². The van der Waals surface area contributed by atoms with Gasteiger partial charge in [-0.15, -0.1) is 0 Å². The van der Waals surface area contributed by atoms with Gasteiger partial charge >= 0.3 is 5.63 Å². The summed E-state index contributed by atoms with van der Waals surface area (Å²) in [4.78, 5) is 14.3.